The predicted molar refractivity (Wildman–Crippen MR) is 122 cm³/mol. The maximum atomic E-state index is 13.0. The Morgan fingerprint density at radius 2 is 1.88 bits per heavy atom. The number of methoxy groups -OCH3 is 1. The maximum Gasteiger partial charge on any atom is 0.271 e. The van der Waals surface area contributed by atoms with Crippen LogP contribution in [-0.4, -0.2) is 34.5 Å². The number of nitro benzene ring substituents is 1. The molecule has 9 nitrogen and oxygen atoms in total. The molecule has 4 rings (SSSR count). The fourth-order valence-corrected chi connectivity index (χ4v) is 4.21. The molecule has 10 heteroatoms. The number of ether oxygens (including phenoxy) is 1. The lowest BCUT2D eigenvalue weighted by Crippen LogP contribution is -2.33. The lowest BCUT2D eigenvalue weighted by atomic mass is 10.2. The predicted octanol–water partition coefficient (Wildman–Crippen LogP) is 3.70. The van der Waals surface area contributed by atoms with Gasteiger partial charge in [0.2, 0.25) is 5.91 Å². The van der Waals surface area contributed by atoms with Crippen LogP contribution < -0.4 is 15.2 Å². The van der Waals surface area contributed by atoms with Crippen LogP contribution in [0.1, 0.15) is 0 Å². The van der Waals surface area contributed by atoms with Crippen LogP contribution in [0.3, 0.4) is 0 Å². The first-order valence-corrected chi connectivity index (χ1v) is 10.3. The van der Waals surface area contributed by atoms with Gasteiger partial charge in [-0.2, -0.15) is 0 Å². The molecule has 0 unspecified atom stereocenters. The molecular formula is C22H18N4O5S. The number of carbonyl (C=O) groups is 1. The Bertz CT molecular complexity index is 1360. The number of hydrogen-bond acceptors (Lipinski definition) is 7. The van der Waals surface area contributed by atoms with Gasteiger partial charge in [-0.15, -0.1) is 11.3 Å². The molecule has 0 radical (unpaired) electrons. The second-order valence-corrected chi connectivity index (χ2v) is 8.01. The van der Waals surface area contributed by atoms with Crippen LogP contribution in [0.4, 0.5) is 11.4 Å². The van der Waals surface area contributed by atoms with E-state index in [1.165, 1.54) is 51.4 Å². The maximum absolute atomic E-state index is 13.0. The van der Waals surface area contributed by atoms with Crippen molar-refractivity contribution in [2.75, 3.05) is 19.1 Å². The molecule has 0 atom stereocenters. The zero-order chi connectivity index (χ0) is 22.8. The summed E-state index contributed by atoms with van der Waals surface area (Å²) in [7, 11) is 3.15. The molecule has 1 amide bonds. The lowest BCUT2D eigenvalue weighted by Gasteiger charge is -2.17. The number of nitro groups is 1. The van der Waals surface area contributed by atoms with E-state index in [9.17, 15) is 19.7 Å². The average Bonchev–Trinajstić information content (AvgIpc) is 3.25. The number of carbonyl (C=O) groups excluding carboxylic acids is 1. The van der Waals surface area contributed by atoms with Crippen molar-refractivity contribution in [3.05, 3.63) is 81.4 Å². The van der Waals surface area contributed by atoms with Crippen LogP contribution in [0, 0.1) is 10.1 Å². The highest BCUT2D eigenvalue weighted by Gasteiger charge is 2.16. The van der Waals surface area contributed by atoms with Crippen LogP contribution in [0.15, 0.2) is 65.7 Å². The fraction of sp³-hybridized carbons (Fsp3) is 0.136. The van der Waals surface area contributed by atoms with Gasteiger partial charge in [0.05, 0.1) is 23.9 Å². The van der Waals surface area contributed by atoms with Crippen LogP contribution in [-0.2, 0) is 11.3 Å². The van der Waals surface area contributed by atoms with Crippen molar-refractivity contribution in [2.24, 2.45) is 0 Å². The van der Waals surface area contributed by atoms with E-state index < -0.39 is 4.92 Å². The zero-order valence-electron chi connectivity index (χ0n) is 17.2. The molecule has 2 aromatic carbocycles. The average molecular weight is 450 g/mol. The third-order valence-electron chi connectivity index (χ3n) is 5.01. The molecule has 0 fully saturated rings. The molecule has 0 aliphatic carbocycles. The van der Waals surface area contributed by atoms with Gasteiger partial charge in [0.1, 0.15) is 17.0 Å². The molecule has 4 aromatic rings. The molecule has 0 saturated heterocycles. The largest absolute Gasteiger partial charge is 0.497 e. The SMILES string of the molecule is COc1ccc(-c2cc3ncn(CC(=O)N(C)c4ccc([N+](=O)[O-])cc4)c(=O)c3s2)cc1. The number of nitrogens with zero attached hydrogens (tertiary/aromatic N) is 4. The Morgan fingerprint density at radius 3 is 2.50 bits per heavy atom. The van der Waals surface area contributed by atoms with E-state index in [1.54, 1.807) is 14.2 Å². The quantitative estimate of drug-likeness (QED) is 0.327. The van der Waals surface area contributed by atoms with E-state index in [0.717, 1.165) is 16.2 Å². The Hall–Kier alpha value is -4.05. The Kier molecular flexibility index (Phi) is 5.69. The number of fused-ring (bicyclic) bond motifs is 1. The van der Waals surface area contributed by atoms with Gasteiger partial charge < -0.3 is 9.64 Å². The van der Waals surface area contributed by atoms with Crippen molar-refractivity contribution in [3.8, 4) is 16.2 Å². The number of amides is 1. The highest BCUT2D eigenvalue weighted by Crippen LogP contribution is 2.31. The van der Waals surface area contributed by atoms with Gasteiger partial charge in [0.15, 0.2) is 0 Å². The van der Waals surface area contributed by atoms with E-state index in [2.05, 4.69) is 4.98 Å². The van der Waals surface area contributed by atoms with Crippen molar-refractivity contribution in [2.45, 2.75) is 6.54 Å². The van der Waals surface area contributed by atoms with Crippen molar-refractivity contribution < 1.29 is 14.5 Å². The number of benzene rings is 2. The Labute approximate surface area is 186 Å². The molecule has 0 saturated carbocycles. The number of anilines is 1. The summed E-state index contributed by atoms with van der Waals surface area (Å²) in [6, 6.07) is 15.0. The number of likely N-dealkylation sites (N-methyl/N-ethyl adjacent to an activating group) is 1. The van der Waals surface area contributed by atoms with Crippen LogP contribution >= 0.6 is 11.3 Å². The minimum Gasteiger partial charge on any atom is -0.497 e. The number of rotatable bonds is 6. The molecule has 0 aliphatic rings. The van der Waals surface area contributed by atoms with Gasteiger partial charge in [0, 0.05) is 29.7 Å². The van der Waals surface area contributed by atoms with Gasteiger partial charge in [-0.05, 0) is 48.0 Å². The molecule has 32 heavy (non-hydrogen) atoms. The molecule has 0 N–H and O–H groups in total. The summed E-state index contributed by atoms with van der Waals surface area (Å²) in [5.74, 6) is 0.389. The molecule has 2 heterocycles. The molecule has 0 aliphatic heterocycles. The summed E-state index contributed by atoms with van der Waals surface area (Å²) in [6.45, 7) is -0.203. The summed E-state index contributed by atoms with van der Waals surface area (Å²) < 4.78 is 6.90. The molecular weight excluding hydrogens is 432 g/mol. The highest BCUT2D eigenvalue weighted by molar-refractivity contribution is 7.22. The topological polar surface area (TPSA) is 108 Å². The minimum absolute atomic E-state index is 0.0640. The van der Waals surface area contributed by atoms with E-state index in [1.807, 2.05) is 30.3 Å². The molecule has 162 valence electrons. The number of hydrogen-bond donors (Lipinski definition) is 0. The first-order valence-electron chi connectivity index (χ1n) is 9.52. The number of non-ortho nitro benzene ring substituents is 1. The molecule has 0 bridgehead atoms. The smallest absolute Gasteiger partial charge is 0.271 e. The van der Waals surface area contributed by atoms with Crippen LogP contribution in [0.2, 0.25) is 0 Å². The van der Waals surface area contributed by atoms with Crippen LogP contribution in [0.5, 0.6) is 5.75 Å². The number of thiophene rings is 1. The Morgan fingerprint density at radius 1 is 1.19 bits per heavy atom. The van der Waals surface area contributed by atoms with E-state index in [4.69, 9.17) is 4.74 Å². The summed E-state index contributed by atoms with van der Waals surface area (Å²) in [5.41, 5.74) is 1.63. The van der Waals surface area contributed by atoms with Gasteiger partial charge in [-0.3, -0.25) is 24.3 Å². The van der Waals surface area contributed by atoms with Crippen molar-refractivity contribution >= 4 is 38.8 Å². The summed E-state index contributed by atoms with van der Waals surface area (Å²) in [4.78, 5) is 42.5. The second-order valence-electron chi connectivity index (χ2n) is 6.96. The second kappa shape index (κ2) is 8.60. The van der Waals surface area contributed by atoms with Crippen molar-refractivity contribution in [3.63, 3.8) is 0 Å². The van der Waals surface area contributed by atoms with Gasteiger partial charge >= 0.3 is 0 Å². The first-order chi connectivity index (χ1) is 15.4. The zero-order valence-corrected chi connectivity index (χ0v) is 18.0. The first kappa shape index (κ1) is 21.2. The normalized spacial score (nSPS) is 10.8. The fourth-order valence-electron chi connectivity index (χ4n) is 3.15. The minimum atomic E-state index is -0.507. The third-order valence-corrected chi connectivity index (χ3v) is 6.17. The van der Waals surface area contributed by atoms with E-state index in [-0.39, 0.29) is 23.7 Å². The number of aromatic nitrogens is 2. The van der Waals surface area contributed by atoms with Crippen LogP contribution in [0.25, 0.3) is 20.7 Å². The van der Waals surface area contributed by atoms with E-state index >= 15 is 0 Å². The lowest BCUT2D eigenvalue weighted by molar-refractivity contribution is -0.384. The van der Waals surface area contributed by atoms with E-state index in [0.29, 0.717) is 15.9 Å². The summed E-state index contributed by atoms with van der Waals surface area (Å²) in [6.07, 6.45) is 1.36. The molecule has 0 spiro atoms. The van der Waals surface area contributed by atoms with Gasteiger partial charge in [0.25, 0.3) is 11.2 Å². The summed E-state index contributed by atoms with van der Waals surface area (Å²) >= 11 is 1.32. The monoisotopic (exact) mass is 450 g/mol. The molecule has 2 aromatic heterocycles. The van der Waals surface area contributed by atoms with Gasteiger partial charge in [-0.1, -0.05) is 0 Å². The summed E-state index contributed by atoms with van der Waals surface area (Å²) in [5, 5.41) is 10.8. The van der Waals surface area contributed by atoms with Crippen molar-refractivity contribution in [1.82, 2.24) is 9.55 Å². The Balaban J connectivity index is 1.57. The van der Waals surface area contributed by atoms with Crippen molar-refractivity contribution in [1.29, 1.82) is 0 Å². The highest BCUT2D eigenvalue weighted by atomic mass is 32.1. The standard InChI is InChI=1S/C22H18N4O5S/c1-24(15-5-7-16(8-6-15)26(29)30)20(27)12-25-13-23-18-11-19(32-21(18)22(25)28)14-3-9-17(31-2)10-4-14/h3-11,13H,12H2,1-2H3. The van der Waals surface area contributed by atoms with Gasteiger partial charge in [-0.25, -0.2) is 4.98 Å². The third kappa shape index (κ3) is 4.08.